The average Bonchev–Trinajstić information content (AvgIpc) is 2.40. The van der Waals surface area contributed by atoms with Gasteiger partial charge in [0.15, 0.2) is 0 Å². The zero-order valence-electron chi connectivity index (χ0n) is 11.9. The van der Waals surface area contributed by atoms with Gasteiger partial charge < -0.3 is 5.73 Å². The molecule has 1 aromatic carbocycles. The molecule has 0 aliphatic heterocycles. The Balaban J connectivity index is 3.02. The summed E-state index contributed by atoms with van der Waals surface area (Å²) >= 11 is 7.63. The van der Waals surface area contributed by atoms with Crippen LogP contribution in [0.25, 0.3) is 0 Å². The molecule has 0 radical (unpaired) electrons. The molecule has 0 fully saturated rings. The molecular formula is C13H21ClN2O2S2. The molecule has 0 aliphatic carbocycles. The van der Waals surface area contributed by atoms with Gasteiger partial charge in [0.1, 0.15) is 4.90 Å². The minimum absolute atomic E-state index is 0.0381. The highest BCUT2D eigenvalue weighted by Crippen LogP contribution is 2.31. The van der Waals surface area contributed by atoms with Crippen LogP contribution in [-0.2, 0) is 10.0 Å². The maximum atomic E-state index is 12.4. The maximum Gasteiger partial charge on any atom is 0.244 e. The van der Waals surface area contributed by atoms with Crippen molar-refractivity contribution in [2.75, 3.05) is 18.5 Å². The van der Waals surface area contributed by atoms with Gasteiger partial charge in [-0.2, -0.15) is 11.8 Å². The number of hydrogen-bond donors (Lipinski definition) is 2. The van der Waals surface area contributed by atoms with Crippen molar-refractivity contribution in [3.05, 3.63) is 23.2 Å². The molecule has 0 amide bonds. The lowest BCUT2D eigenvalue weighted by atomic mass is 10.0. The summed E-state index contributed by atoms with van der Waals surface area (Å²) in [4.78, 5) is -0.0381. The van der Waals surface area contributed by atoms with Gasteiger partial charge in [-0.05, 0) is 31.2 Å². The zero-order chi connectivity index (χ0) is 15.4. The first-order chi connectivity index (χ1) is 9.32. The van der Waals surface area contributed by atoms with E-state index in [1.165, 1.54) is 12.1 Å². The Kier molecular flexibility index (Phi) is 6.19. The first-order valence-electron chi connectivity index (χ1n) is 6.40. The van der Waals surface area contributed by atoms with Gasteiger partial charge in [0.05, 0.1) is 10.7 Å². The van der Waals surface area contributed by atoms with Crippen LogP contribution in [0.3, 0.4) is 0 Å². The van der Waals surface area contributed by atoms with Crippen molar-refractivity contribution in [1.82, 2.24) is 4.72 Å². The third-order valence-corrected chi connectivity index (χ3v) is 7.10. The number of rotatable bonds is 7. The van der Waals surface area contributed by atoms with Gasteiger partial charge in [-0.1, -0.05) is 31.5 Å². The largest absolute Gasteiger partial charge is 0.398 e. The van der Waals surface area contributed by atoms with Crippen LogP contribution in [0.4, 0.5) is 5.69 Å². The van der Waals surface area contributed by atoms with E-state index in [1.807, 2.05) is 6.26 Å². The van der Waals surface area contributed by atoms with Gasteiger partial charge in [0.25, 0.3) is 0 Å². The van der Waals surface area contributed by atoms with Gasteiger partial charge in [0, 0.05) is 11.3 Å². The molecule has 0 bridgehead atoms. The second kappa shape index (κ2) is 7.02. The molecule has 4 nitrogen and oxygen atoms in total. The normalized spacial score (nSPS) is 12.6. The lowest BCUT2D eigenvalue weighted by Crippen LogP contribution is -2.39. The first-order valence-corrected chi connectivity index (χ1v) is 9.49. The molecule has 0 aliphatic rings. The molecule has 0 unspecified atom stereocenters. The molecule has 20 heavy (non-hydrogen) atoms. The number of halogens is 1. The predicted molar refractivity (Wildman–Crippen MR) is 87.9 cm³/mol. The summed E-state index contributed by atoms with van der Waals surface area (Å²) in [5.74, 6) is 0. The Morgan fingerprint density at radius 3 is 2.40 bits per heavy atom. The first kappa shape index (κ1) is 17.6. The van der Waals surface area contributed by atoms with Gasteiger partial charge >= 0.3 is 0 Å². The third kappa shape index (κ3) is 3.81. The summed E-state index contributed by atoms with van der Waals surface area (Å²) in [6, 6.07) is 4.68. The van der Waals surface area contributed by atoms with E-state index in [-0.39, 0.29) is 20.4 Å². The zero-order valence-corrected chi connectivity index (χ0v) is 14.3. The Hall–Kier alpha value is -0.430. The van der Waals surface area contributed by atoms with E-state index >= 15 is 0 Å². The highest BCUT2D eigenvalue weighted by Gasteiger charge is 2.29. The number of benzene rings is 1. The Labute approximate surface area is 130 Å². The van der Waals surface area contributed by atoms with E-state index in [0.29, 0.717) is 6.54 Å². The van der Waals surface area contributed by atoms with Crippen LogP contribution < -0.4 is 10.5 Å². The third-order valence-electron chi connectivity index (χ3n) is 3.57. The van der Waals surface area contributed by atoms with Gasteiger partial charge in [0.2, 0.25) is 10.0 Å². The number of thioether (sulfide) groups is 1. The Morgan fingerprint density at radius 1 is 1.35 bits per heavy atom. The summed E-state index contributed by atoms with van der Waals surface area (Å²) in [7, 11) is -3.71. The predicted octanol–water partition coefficient (Wildman–Crippen LogP) is 3.12. The number of sulfonamides is 1. The highest BCUT2D eigenvalue weighted by molar-refractivity contribution is 8.00. The van der Waals surface area contributed by atoms with Crippen molar-refractivity contribution in [2.24, 2.45) is 0 Å². The maximum absolute atomic E-state index is 12.4. The molecule has 7 heteroatoms. The van der Waals surface area contributed by atoms with Crippen LogP contribution in [0.1, 0.15) is 26.7 Å². The molecule has 114 valence electrons. The molecule has 0 aromatic heterocycles. The number of nitrogens with two attached hydrogens (primary N) is 1. The highest BCUT2D eigenvalue weighted by atomic mass is 35.5. The van der Waals surface area contributed by atoms with Crippen LogP contribution in [0.15, 0.2) is 23.1 Å². The van der Waals surface area contributed by atoms with Crippen LogP contribution in [0.5, 0.6) is 0 Å². The van der Waals surface area contributed by atoms with Gasteiger partial charge in [-0.3, -0.25) is 0 Å². The fraction of sp³-hybridized carbons (Fsp3) is 0.538. The number of anilines is 1. The minimum Gasteiger partial charge on any atom is -0.398 e. The smallest absolute Gasteiger partial charge is 0.244 e. The van der Waals surface area contributed by atoms with Crippen molar-refractivity contribution in [1.29, 1.82) is 0 Å². The minimum atomic E-state index is -3.71. The summed E-state index contributed by atoms with van der Waals surface area (Å²) in [5.41, 5.74) is 5.90. The molecule has 0 spiro atoms. The molecule has 3 N–H and O–H groups in total. The number of nitrogens with one attached hydrogen (secondary N) is 1. The molecule has 0 heterocycles. The standard InChI is InChI=1S/C13H21ClN2O2S2/c1-4-13(5-2,19-3)9-16-20(17,18)12-10(14)7-6-8-11(12)15/h6-8,16H,4-5,9,15H2,1-3H3. The monoisotopic (exact) mass is 336 g/mol. The molecule has 1 aromatic rings. The van der Waals surface area contributed by atoms with Crippen LogP contribution in [0.2, 0.25) is 5.02 Å². The van der Waals surface area contributed by atoms with Crippen molar-refractivity contribution in [2.45, 2.75) is 36.3 Å². The molecular weight excluding hydrogens is 316 g/mol. The van der Waals surface area contributed by atoms with Gasteiger partial charge in [-0.25, -0.2) is 13.1 Å². The molecule has 0 atom stereocenters. The van der Waals surface area contributed by atoms with Crippen LogP contribution in [0, 0.1) is 0 Å². The lowest BCUT2D eigenvalue weighted by molar-refractivity contribution is 0.522. The molecule has 0 saturated heterocycles. The topological polar surface area (TPSA) is 72.2 Å². The SMILES string of the molecule is CCC(CC)(CNS(=O)(=O)c1c(N)cccc1Cl)SC. The van der Waals surface area contributed by atoms with Crippen molar-refractivity contribution < 1.29 is 8.42 Å². The summed E-state index contributed by atoms with van der Waals surface area (Å²) < 4.78 is 27.3. The van der Waals surface area contributed by atoms with Crippen molar-refractivity contribution in [3.63, 3.8) is 0 Å². The van der Waals surface area contributed by atoms with Crippen molar-refractivity contribution in [3.8, 4) is 0 Å². The number of hydrogen-bond acceptors (Lipinski definition) is 4. The summed E-state index contributed by atoms with van der Waals surface area (Å²) in [6.45, 7) is 4.46. The van der Waals surface area contributed by atoms with Gasteiger partial charge in [-0.15, -0.1) is 0 Å². The summed E-state index contributed by atoms with van der Waals surface area (Å²) in [5, 5.41) is 0.139. The number of nitrogen functional groups attached to an aromatic ring is 1. The van der Waals surface area contributed by atoms with Crippen molar-refractivity contribution >= 4 is 39.1 Å². The van der Waals surface area contributed by atoms with E-state index in [9.17, 15) is 8.42 Å². The lowest BCUT2D eigenvalue weighted by Gasteiger charge is -2.29. The van der Waals surface area contributed by atoms with E-state index in [2.05, 4.69) is 18.6 Å². The second-order valence-electron chi connectivity index (χ2n) is 4.58. The van der Waals surface area contributed by atoms with E-state index in [0.717, 1.165) is 12.8 Å². The molecule has 1 rings (SSSR count). The Bertz CT molecular complexity index is 529. The fourth-order valence-electron chi connectivity index (χ4n) is 1.97. The van der Waals surface area contributed by atoms with E-state index in [4.69, 9.17) is 17.3 Å². The van der Waals surface area contributed by atoms with E-state index < -0.39 is 10.0 Å². The Morgan fingerprint density at radius 2 is 1.95 bits per heavy atom. The molecule has 0 saturated carbocycles. The average molecular weight is 337 g/mol. The summed E-state index contributed by atoms with van der Waals surface area (Å²) in [6.07, 6.45) is 3.75. The fourth-order valence-corrected chi connectivity index (χ4v) is 4.65. The quantitative estimate of drug-likeness (QED) is 0.750. The van der Waals surface area contributed by atoms with Crippen LogP contribution in [-0.4, -0.2) is 26.0 Å². The van der Waals surface area contributed by atoms with E-state index in [1.54, 1.807) is 17.8 Å². The van der Waals surface area contributed by atoms with Crippen LogP contribution >= 0.6 is 23.4 Å². The second-order valence-corrected chi connectivity index (χ2v) is 7.96.